The number of nitrogens with one attached hydrogen (secondary N) is 1. The molecule has 0 saturated carbocycles. The Morgan fingerprint density at radius 3 is 2.41 bits per heavy atom. The van der Waals surface area contributed by atoms with Crippen LogP contribution in [0.2, 0.25) is 0 Å². The normalized spacial score (nSPS) is 10.6. The first-order valence-corrected chi connectivity index (χ1v) is 6.51. The molecule has 0 aliphatic carbocycles. The topological polar surface area (TPSA) is 41.1 Å². The highest BCUT2D eigenvalue weighted by Crippen LogP contribution is 2.13. The van der Waals surface area contributed by atoms with Crippen molar-refractivity contribution in [1.29, 1.82) is 0 Å². The smallest absolute Gasteiger partial charge is 0.224 e. The zero-order valence-corrected chi connectivity index (χ0v) is 11.4. The molecule has 1 aromatic rings. The average Bonchev–Trinajstić information content (AvgIpc) is 2.28. The van der Waals surface area contributed by atoms with E-state index in [0.29, 0.717) is 6.04 Å². The van der Waals surface area contributed by atoms with Crippen LogP contribution in [0.25, 0.3) is 0 Å². The van der Waals surface area contributed by atoms with Gasteiger partial charge in [0.1, 0.15) is 5.82 Å². The van der Waals surface area contributed by atoms with Crippen LogP contribution in [0.5, 0.6) is 0 Å². The third-order valence-corrected chi connectivity index (χ3v) is 2.37. The molecule has 0 spiro atoms. The van der Waals surface area contributed by atoms with E-state index in [2.05, 4.69) is 47.9 Å². The number of hydrogen-bond acceptors (Lipinski definition) is 4. The fourth-order valence-electron chi connectivity index (χ4n) is 1.73. The van der Waals surface area contributed by atoms with Gasteiger partial charge in [0.2, 0.25) is 5.95 Å². The van der Waals surface area contributed by atoms with E-state index in [1.54, 1.807) is 0 Å². The number of aromatic nitrogens is 2. The molecule has 1 N–H and O–H groups in total. The second kappa shape index (κ2) is 7.09. The first kappa shape index (κ1) is 13.7. The van der Waals surface area contributed by atoms with Gasteiger partial charge in [-0.25, -0.2) is 4.98 Å². The first-order chi connectivity index (χ1) is 8.17. The highest BCUT2D eigenvalue weighted by molar-refractivity contribution is 5.42. The van der Waals surface area contributed by atoms with Gasteiger partial charge in [0, 0.05) is 25.3 Å². The van der Waals surface area contributed by atoms with E-state index in [-0.39, 0.29) is 0 Å². The largest absolute Gasteiger partial charge is 0.356 e. The van der Waals surface area contributed by atoms with Crippen LogP contribution in [0.3, 0.4) is 0 Å². The molecule has 1 rings (SSSR count). The van der Waals surface area contributed by atoms with Gasteiger partial charge in [0.25, 0.3) is 0 Å². The molecular formula is C13H24N4. The van der Waals surface area contributed by atoms with Crippen LogP contribution in [-0.4, -0.2) is 29.1 Å². The second-order valence-corrected chi connectivity index (χ2v) is 4.52. The van der Waals surface area contributed by atoms with E-state index < -0.39 is 0 Å². The summed E-state index contributed by atoms with van der Waals surface area (Å²) in [6.45, 7) is 10.7. The van der Waals surface area contributed by atoms with E-state index in [4.69, 9.17) is 0 Å². The van der Waals surface area contributed by atoms with Gasteiger partial charge in [-0.15, -0.1) is 0 Å². The minimum absolute atomic E-state index is 0.357. The molecule has 0 aliphatic rings. The molecule has 0 fully saturated rings. The molecule has 4 nitrogen and oxygen atoms in total. The van der Waals surface area contributed by atoms with Gasteiger partial charge in [0.05, 0.1) is 0 Å². The predicted molar refractivity (Wildman–Crippen MR) is 73.6 cm³/mol. The molecule has 1 aromatic heterocycles. The number of anilines is 2. The number of nitrogens with zero attached hydrogens (tertiary/aromatic N) is 3. The molecule has 0 bridgehead atoms. The van der Waals surface area contributed by atoms with Crippen LogP contribution in [0.15, 0.2) is 12.3 Å². The molecular weight excluding hydrogens is 212 g/mol. The van der Waals surface area contributed by atoms with Crippen molar-refractivity contribution in [2.24, 2.45) is 0 Å². The van der Waals surface area contributed by atoms with Crippen LogP contribution >= 0.6 is 0 Å². The summed E-state index contributed by atoms with van der Waals surface area (Å²) in [5.74, 6) is 1.74. The Bertz CT molecular complexity index is 319. The zero-order valence-electron chi connectivity index (χ0n) is 11.4. The lowest BCUT2D eigenvalue weighted by atomic mass is 10.3. The fraction of sp³-hybridized carbons (Fsp3) is 0.692. The Labute approximate surface area is 104 Å². The standard InChI is InChI=1S/C13H24N4/c1-5-9-17(10-6-2)12-7-8-14-13(16-12)15-11(3)4/h7-8,11H,5-6,9-10H2,1-4H3,(H,14,15,16). The Morgan fingerprint density at radius 1 is 1.24 bits per heavy atom. The maximum Gasteiger partial charge on any atom is 0.224 e. The molecule has 17 heavy (non-hydrogen) atoms. The van der Waals surface area contributed by atoms with Crippen molar-refractivity contribution in [3.05, 3.63) is 12.3 Å². The van der Waals surface area contributed by atoms with Gasteiger partial charge in [-0.3, -0.25) is 0 Å². The van der Waals surface area contributed by atoms with Crippen LogP contribution < -0.4 is 10.2 Å². The summed E-state index contributed by atoms with van der Waals surface area (Å²) in [7, 11) is 0. The lowest BCUT2D eigenvalue weighted by Gasteiger charge is -2.23. The number of hydrogen-bond donors (Lipinski definition) is 1. The highest BCUT2D eigenvalue weighted by atomic mass is 15.2. The van der Waals surface area contributed by atoms with Gasteiger partial charge >= 0.3 is 0 Å². The Hall–Kier alpha value is -1.32. The van der Waals surface area contributed by atoms with Crippen molar-refractivity contribution in [3.8, 4) is 0 Å². The maximum absolute atomic E-state index is 4.55. The maximum atomic E-state index is 4.55. The van der Waals surface area contributed by atoms with Crippen molar-refractivity contribution in [3.63, 3.8) is 0 Å². The molecule has 0 aromatic carbocycles. The van der Waals surface area contributed by atoms with E-state index in [1.807, 2.05) is 12.3 Å². The van der Waals surface area contributed by atoms with Gasteiger partial charge in [-0.1, -0.05) is 13.8 Å². The van der Waals surface area contributed by atoms with Crippen molar-refractivity contribution in [2.45, 2.75) is 46.6 Å². The van der Waals surface area contributed by atoms with E-state index in [9.17, 15) is 0 Å². The summed E-state index contributed by atoms with van der Waals surface area (Å²) in [6, 6.07) is 2.34. The molecule has 0 atom stereocenters. The molecule has 0 saturated heterocycles. The minimum atomic E-state index is 0.357. The predicted octanol–water partition coefficient (Wildman–Crippen LogP) is 2.92. The van der Waals surface area contributed by atoms with Gasteiger partial charge < -0.3 is 10.2 Å². The van der Waals surface area contributed by atoms with E-state index in [0.717, 1.165) is 37.7 Å². The van der Waals surface area contributed by atoms with Gasteiger partial charge in [0.15, 0.2) is 0 Å². The summed E-state index contributed by atoms with van der Waals surface area (Å²) in [5, 5.41) is 3.24. The van der Waals surface area contributed by atoms with Crippen LogP contribution in [0.1, 0.15) is 40.5 Å². The molecule has 0 aliphatic heterocycles. The fourth-order valence-corrected chi connectivity index (χ4v) is 1.73. The third kappa shape index (κ3) is 4.59. The van der Waals surface area contributed by atoms with Crippen molar-refractivity contribution >= 4 is 11.8 Å². The minimum Gasteiger partial charge on any atom is -0.356 e. The van der Waals surface area contributed by atoms with Crippen LogP contribution in [-0.2, 0) is 0 Å². The quantitative estimate of drug-likeness (QED) is 0.790. The molecule has 96 valence electrons. The van der Waals surface area contributed by atoms with Crippen LogP contribution in [0, 0.1) is 0 Å². The Kier molecular flexibility index (Phi) is 5.73. The molecule has 0 amide bonds. The van der Waals surface area contributed by atoms with E-state index >= 15 is 0 Å². The van der Waals surface area contributed by atoms with Gasteiger partial charge in [-0.2, -0.15) is 4.98 Å². The Morgan fingerprint density at radius 2 is 1.88 bits per heavy atom. The molecule has 0 radical (unpaired) electrons. The highest BCUT2D eigenvalue weighted by Gasteiger charge is 2.07. The monoisotopic (exact) mass is 236 g/mol. The number of rotatable bonds is 7. The van der Waals surface area contributed by atoms with Gasteiger partial charge in [-0.05, 0) is 32.8 Å². The zero-order chi connectivity index (χ0) is 12.7. The SMILES string of the molecule is CCCN(CCC)c1ccnc(NC(C)C)n1. The first-order valence-electron chi connectivity index (χ1n) is 6.51. The van der Waals surface area contributed by atoms with Crippen molar-refractivity contribution in [1.82, 2.24) is 9.97 Å². The molecule has 4 heteroatoms. The summed E-state index contributed by atoms with van der Waals surface area (Å²) in [5.41, 5.74) is 0. The summed E-state index contributed by atoms with van der Waals surface area (Å²) in [6.07, 6.45) is 4.10. The Balaban J connectivity index is 2.79. The van der Waals surface area contributed by atoms with Crippen LogP contribution in [0.4, 0.5) is 11.8 Å². The third-order valence-electron chi connectivity index (χ3n) is 2.37. The second-order valence-electron chi connectivity index (χ2n) is 4.52. The summed E-state index contributed by atoms with van der Waals surface area (Å²) >= 11 is 0. The molecule has 0 unspecified atom stereocenters. The van der Waals surface area contributed by atoms with Crippen molar-refractivity contribution < 1.29 is 0 Å². The summed E-state index contributed by atoms with van der Waals surface area (Å²) < 4.78 is 0. The molecule has 1 heterocycles. The lowest BCUT2D eigenvalue weighted by molar-refractivity contribution is 0.732. The van der Waals surface area contributed by atoms with Crippen molar-refractivity contribution in [2.75, 3.05) is 23.3 Å². The lowest BCUT2D eigenvalue weighted by Crippen LogP contribution is -2.26. The summed E-state index contributed by atoms with van der Waals surface area (Å²) in [4.78, 5) is 11.1. The van der Waals surface area contributed by atoms with E-state index in [1.165, 1.54) is 0 Å². The average molecular weight is 236 g/mol.